The Kier molecular flexibility index (Phi) is 11.4. The van der Waals surface area contributed by atoms with Gasteiger partial charge in [-0.25, -0.2) is 0 Å². The minimum atomic E-state index is 0. The second-order valence-corrected chi connectivity index (χ2v) is 5.72. The summed E-state index contributed by atoms with van der Waals surface area (Å²) in [6.45, 7) is 3.46. The van der Waals surface area contributed by atoms with Gasteiger partial charge >= 0.3 is 0 Å². The summed E-state index contributed by atoms with van der Waals surface area (Å²) in [6.07, 6.45) is 0.506. The number of amides is 1. The average Bonchev–Trinajstić information content (AvgIpc) is 2.46. The molecule has 0 heterocycles. The van der Waals surface area contributed by atoms with Crippen LogP contribution in [-0.2, 0) is 9.53 Å². The van der Waals surface area contributed by atoms with Gasteiger partial charge in [-0.3, -0.25) is 4.79 Å². The van der Waals surface area contributed by atoms with Crippen LogP contribution < -0.4 is 10.6 Å². The van der Waals surface area contributed by atoms with Crippen molar-refractivity contribution in [1.82, 2.24) is 10.6 Å². The van der Waals surface area contributed by atoms with Crippen LogP contribution in [0, 0.1) is 0 Å². The Morgan fingerprint density at radius 2 is 2.00 bits per heavy atom. The largest absolute Gasteiger partial charge is 0.384 e. The lowest BCUT2D eigenvalue weighted by Crippen LogP contribution is -2.29. The monoisotopic (exact) mass is 332 g/mol. The smallest absolute Gasteiger partial charge is 0.221 e. The second-order valence-electron chi connectivity index (χ2n) is 4.55. The molecule has 0 spiro atoms. The van der Waals surface area contributed by atoms with Gasteiger partial charge in [0.2, 0.25) is 5.91 Å². The normalized spacial score (nSPS) is 11.6. The predicted molar refractivity (Wildman–Crippen MR) is 91.4 cm³/mol. The topological polar surface area (TPSA) is 50.4 Å². The first-order chi connectivity index (χ1) is 9.67. The van der Waals surface area contributed by atoms with Gasteiger partial charge in [-0.2, -0.15) is 0 Å². The van der Waals surface area contributed by atoms with Crippen molar-refractivity contribution < 1.29 is 9.53 Å². The van der Waals surface area contributed by atoms with Crippen LogP contribution in [0.15, 0.2) is 29.2 Å². The van der Waals surface area contributed by atoms with Crippen LogP contribution in [0.1, 0.15) is 24.9 Å². The van der Waals surface area contributed by atoms with E-state index in [9.17, 15) is 4.79 Å². The van der Waals surface area contributed by atoms with Gasteiger partial charge in [-0.05, 0) is 31.7 Å². The number of thioether (sulfide) groups is 1. The highest BCUT2D eigenvalue weighted by atomic mass is 35.5. The first-order valence-corrected chi connectivity index (χ1v) is 7.81. The highest BCUT2D eigenvalue weighted by Gasteiger charge is 2.09. The summed E-state index contributed by atoms with van der Waals surface area (Å²) in [6, 6.07) is 8.35. The number of ether oxygens (including phenoxy) is 1. The molecule has 0 aliphatic rings. The van der Waals surface area contributed by atoms with E-state index in [2.05, 4.69) is 34.9 Å². The molecule has 0 saturated carbocycles. The molecule has 0 aliphatic carbocycles. The molecule has 0 aromatic heterocycles. The molecule has 0 bridgehead atoms. The van der Waals surface area contributed by atoms with Crippen molar-refractivity contribution in [1.29, 1.82) is 0 Å². The fraction of sp³-hybridized carbons (Fsp3) is 0.533. The van der Waals surface area contributed by atoms with E-state index in [1.807, 2.05) is 14.0 Å². The zero-order valence-electron chi connectivity index (χ0n) is 12.8. The van der Waals surface area contributed by atoms with Crippen LogP contribution in [0.2, 0.25) is 0 Å². The van der Waals surface area contributed by atoms with E-state index in [0.717, 1.165) is 17.9 Å². The van der Waals surface area contributed by atoms with E-state index >= 15 is 0 Å². The molecule has 1 atom stereocenters. The molecule has 0 radical (unpaired) electrons. The van der Waals surface area contributed by atoms with Crippen molar-refractivity contribution in [3.05, 3.63) is 29.8 Å². The zero-order chi connectivity index (χ0) is 14.8. The van der Waals surface area contributed by atoms with Crippen LogP contribution in [0.25, 0.3) is 0 Å². The number of nitrogens with one attached hydrogen (secondary N) is 2. The van der Waals surface area contributed by atoms with Crippen LogP contribution in [0.4, 0.5) is 0 Å². The Labute approximate surface area is 137 Å². The molecule has 120 valence electrons. The van der Waals surface area contributed by atoms with E-state index in [1.165, 1.54) is 4.90 Å². The number of hydrogen-bond acceptors (Lipinski definition) is 4. The van der Waals surface area contributed by atoms with Crippen molar-refractivity contribution in [3.8, 4) is 0 Å². The summed E-state index contributed by atoms with van der Waals surface area (Å²) in [4.78, 5) is 12.9. The first kappa shape index (κ1) is 20.2. The number of hydrogen-bond donors (Lipinski definition) is 2. The number of rotatable bonds is 9. The summed E-state index contributed by atoms with van der Waals surface area (Å²) in [5.41, 5.74) is 1.12. The summed E-state index contributed by atoms with van der Waals surface area (Å²) in [5.74, 6) is 1.02. The number of methoxy groups -OCH3 is 1. The van der Waals surface area contributed by atoms with Gasteiger partial charge in [0.25, 0.3) is 0 Å². The minimum absolute atomic E-state index is 0. The average molecular weight is 333 g/mol. The van der Waals surface area contributed by atoms with Gasteiger partial charge in [0, 0.05) is 30.7 Å². The van der Waals surface area contributed by atoms with Crippen molar-refractivity contribution in [2.24, 2.45) is 0 Å². The van der Waals surface area contributed by atoms with E-state index in [1.54, 1.807) is 18.9 Å². The molecule has 0 fully saturated rings. The van der Waals surface area contributed by atoms with E-state index in [0.29, 0.717) is 13.0 Å². The van der Waals surface area contributed by atoms with Gasteiger partial charge in [0.1, 0.15) is 0 Å². The maximum absolute atomic E-state index is 11.7. The van der Waals surface area contributed by atoms with Crippen LogP contribution in [0.5, 0.6) is 0 Å². The third-order valence-electron chi connectivity index (χ3n) is 2.92. The Morgan fingerprint density at radius 3 is 2.57 bits per heavy atom. The maximum atomic E-state index is 11.7. The van der Waals surface area contributed by atoms with Crippen LogP contribution in [0.3, 0.4) is 0 Å². The van der Waals surface area contributed by atoms with Gasteiger partial charge in [-0.15, -0.1) is 24.2 Å². The molecular formula is C15H25ClN2O2S. The lowest BCUT2D eigenvalue weighted by Gasteiger charge is -2.14. The molecule has 4 nitrogen and oxygen atoms in total. The van der Waals surface area contributed by atoms with E-state index in [-0.39, 0.29) is 24.4 Å². The molecule has 21 heavy (non-hydrogen) atoms. The van der Waals surface area contributed by atoms with Crippen molar-refractivity contribution in [2.75, 3.05) is 33.1 Å². The Morgan fingerprint density at radius 1 is 1.33 bits per heavy atom. The van der Waals surface area contributed by atoms with Gasteiger partial charge in [-0.1, -0.05) is 12.1 Å². The molecule has 1 amide bonds. The third-order valence-corrected chi connectivity index (χ3v) is 3.89. The number of benzene rings is 1. The Hall–Kier alpha value is -0.750. The Balaban J connectivity index is 0.00000400. The molecule has 1 aromatic carbocycles. The molecule has 2 N–H and O–H groups in total. The van der Waals surface area contributed by atoms with Crippen LogP contribution >= 0.6 is 24.2 Å². The highest BCUT2D eigenvalue weighted by Crippen LogP contribution is 2.20. The zero-order valence-corrected chi connectivity index (χ0v) is 14.5. The molecular weight excluding hydrogens is 308 g/mol. The third kappa shape index (κ3) is 8.31. The van der Waals surface area contributed by atoms with Crippen LogP contribution in [-0.4, -0.2) is 39.0 Å². The van der Waals surface area contributed by atoms with Crippen molar-refractivity contribution in [2.45, 2.75) is 24.3 Å². The summed E-state index contributed by atoms with van der Waals surface area (Å²) in [7, 11) is 3.55. The maximum Gasteiger partial charge on any atom is 0.221 e. The summed E-state index contributed by atoms with van der Waals surface area (Å²) < 4.78 is 5.03. The fourth-order valence-corrected chi connectivity index (χ4v) is 2.55. The predicted octanol–water partition coefficient (Wildman–Crippen LogP) is 2.63. The lowest BCUT2D eigenvalue weighted by molar-refractivity contribution is -0.121. The second kappa shape index (κ2) is 11.9. The molecule has 0 saturated heterocycles. The lowest BCUT2D eigenvalue weighted by atomic mass is 10.1. The minimum Gasteiger partial charge on any atom is -0.384 e. The van der Waals surface area contributed by atoms with E-state index in [4.69, 9.17) is 4.74 Å². The first-order valence-electron chi connectivity index (χ1n) is 6.83. The van der Waals surface area contributed by atoms with Crippen molar-refractivity contribution >= 4 is 30.1 Å². The highest BCUT2D eigenvalue weighted by molar-refractivity contribution is 7.99. The number of halogens is 1. The molecule has 1 unspecified atom stereocenters. The number of carbonyl (C=O) groups is 1. The summed E-state index contributed by atoms with van der Waals surface area (Å²) in [5, 5.41) is 5.97. The fourth-order valence-electron chi connectivity index (χ4n) is 1.73. The quantitative estimate of drug-likeness (QED) is 0.539. The number of carbonyl (C=O) groups excluding carboxylic acids is 1. The van der Waals surface area contributed by atoms with Gasteiger partial charge < -0.3 is 15.4 Å². The molecule has 0 aliphatic heterocycles. The Bertz CT molecular complexity index is 401. The summed E-state index contributed by atoms with van der Waals surface area (Å²) >= 11 is 1.77. The van der Waals surface area contributed by atoms with Gasteiger partial charge in [0.15, 0.2) is 0 Å². The van der Waals surface area contributed by atoms with E-state index < -0.39 is 0 Å². The van der Waals surface area contributed by atoms with Crippen molar-refractivity contribution in [3.63, 3.8) is 0 Å². The standard InChI is InChI=1S/C15H24N2O2S.ClH/c1-12(17-15(18)8-9-16-2)13-4-6-14(7-5-13)20-11-10-19-3;/h4-7,12,16H,8-11H2,1-3H3,(H,17,18);1H. The molecule has 1 rings (SSSR count). The SMILES string of the molecule is CNCCC(=O)NC(C)c1ccc(SCCOC)cc1.Cl. The van der Waals surface area contributed by atoms with Gasteiger partial charge in [0.05, 0.1) is 12.6 Å². The molecule has 6 heteroatoms. The molecule has 1 aromatic rings.